The van der Waals surface area contributed by atoms with Crippen molar-refractivity contribution < 1.29 is 13.9 Å². The van der Waals surface area contributed by atoms with Gasteiger partial charge in [0.25, 0.3) is 8.32 Å². The molecule has 2 aromatic rings. The number of rotatable bonds is 15. The van der Waals surface area contributed by atoms with Crippen molar-refractivity contribution in [1.82, 2.24) is 0 Å². The van der Waals surface area contributed by atoms with Crippen LogP contribution in [0.15, 0.2) is 60.7 Å². The average molecular weight is 535 g/mol. The zero-order valence-corrected chi connectivity index (χ0v) is 25.2. The lowest BCUT2D eigenvalue weighted by Gasteiger charge is -2.43. The highest BCUT2D eigenvalue weighted by Crippen LogP contribution is 2.36. The van der Waals surface area contributed by atoms with Gasteiger partial charge in [-0.25, -0.2) is 0 Å². The molecule has 2 aromatic carbocycles. The zero-order valence-electron chi connectivity index (χ0n) is 24.2. The molecule has 1 heterocycles. The highest BCUT2D eigenvalue weighted by atomic mass is 28.4. The molecule has 0 radical (unpaired) electrons. The maximum atomic E-state index is 6.98. The Hall–Kier alpha value is -1.90. The van der Waals surface area contributed by atoms with E-state index in [2.05, 4.69) is 93.3 Å². The van der Waals surface area contributed by atoms with Gasteiger partial charge in [0, 0.05) is 32.7 Å². The van der Waals surface area contributed by atoms with E-state index in [1.165, 1.54) is 48.9 Å². The first-order valence-electron chi connectivity index (χ1n) is 15.0. The number of unbranched alkanes of at least 4 members (excludes halogenated alkanes) is 7. The van der Waals surface area contributed by atoms with Crippen LogP contribution in [0.5, 0.6) is 0 Å². The third-order valence-electron chi connectivity index (χ3n) is 7.44. The minimum absolute atomic E-state index is 0.0341. The molecule has 0 spiro atoms. The molecule has 0 bridgehead atoms. The molecule has 1 fully saturated rings. The monoisotopic (exact) mass is 534 g/mol. The number of ether oxygens (including phenoxy) is 2. The Bertz CT molecular complexity index is 897. The van der Waals surface area contributed by atoms with Crippen LogP contribution in [0.1, 0.15) is 97.8 Å². The van der Waals surface area contributed by atoms with Crippen molar-refractivity contribution in [3.8, 4) is 11.8 Å². The van der Waals surface area contributed by atoms with Crippen LogP contribution >= 0.6 is 0 Å². The van der Waals surface area contributed by atoms with Gasteiger partial charge in [0.2, 0.25) is 0 Å². The topological polar surface area (TPSA) is 27.7 Å². The lowest BCUT2D eigenvalue weighted by atomic mass is 10.1. The van der Waals surface area contributed by atoms with Crippen molar-refractivity contribution >= 4 is 18.7 Å². The second-order valence-corrected chi connectivity index (χ2v) is 15.8. The molecule has 38 heavy (non-hydrogen) atoms. The second-order valence-electron chi connectivity index (χ2n) is 11.5. The summed E-state index contributed by atoms with van der Waals surface area (Å²) in [6.45, 7) is 9.50. The first kappa shape index (κ1) is 30.6. The standard InChI is InChI=1S/C34H50O3Si/c1-34(2,3)38(31-23-15-13-16-24-31,32-25-17-14-18-26-32)37-30-21-12-10-8-6-4-5-7-9-11-20-28-35-33-27-19-22-29-36-33/h13-18,23-26,33H,4-5,7,9-12,19-22,27-30H2,1-3H3. The predicted octanol–water partition coefficient (Wildman–Crippen LogP) is 7.62. The van der Waals surface area contributed by atoms with E-state index in [1.54, 1.807) is 0 Å². The van der Waals surface area contributed by atoms with Crippen LogP contribution < -0.4 is 10.4 Å². The van der Waals surface area contributed by atoms with Gasteiger partial charge < -0.3 is 13.9 Å². The minimum Gasteiger partial charge on any atom is -0.407 e. The normalized spacial score (nSPS) is 16.1. The van der Waals surface area contributed by atoms with Crippen molar-refractivity contribution in [1.29, 1.82) is 0 Å². The summed E-state index contributed by atoms with van der Waals surface area (Å²) in [5.41, 5.74) is 0. The molecular weight excluding hydrogens is 484 g/mol. The van der Waals surface area contributed by atoms with Crippen molar-refractivity contribution in [3.05, 3.63) is 60.7 Å². The van der Waals surface area contributed by atoms with E-state index in [4.69, 9.17) is 13.9 Å². The van der Waals surface area contributed by atoms with Gasteiger partial charge in [-0.1, -0.05) is 101 Å². The first-order valence-corrected chi connectivity index (χ1v) is 16.9. The molecule has 1 aliphatic heterocycles. The van der Waals surface area contributed by atoms with Crippen LogP contribution in [-0.2, 0) is 13.9 Å². The average Bonchev–Trinajstić information content (AvgIpc) is 2.94. The fraction of sp³-hybridized carbons (Fsp3) is 0.588. The maximum Gasteiger partial charge on any atom is 0.261 e. The SMILES string of the molecule is CC(C)(C)[Si](OCCCCC#CCCCCCCCOC1CCCCO1)(c1ccccc1)c1ccccc1. The Kier molecular flexibility index (Phi) is 13.6. The largest absolute Gasteiger partial charge is 0.407 e. The van der Waals surface area contributed by atoms with E-state index < -0.39 is 8.32 Å². The molecule has 4 heteroatoms. The molecule has 0 aromatic heterocycles. The third-order valence-corrected chi connectivity index (χ3v) is 12.5. The van der Waals surface area contributed by atoms with E-state index in [0.29, 0.717) is 0 Å². The highest BCUT2D eigenvalue weighted by molar-refractivity contribution is 6.99. The first-order chi connectivity index (χ1) is 18.5. The Balaban J connectivity index is 1.32. The summed E-state index contributed by atoms with van der Waals surface area (Å²) in [7, 11) is -2.41. The molecular formula is C34H50O3Si. The molecule has 1 aliphatic rings. The van der Waals surface area contributed by atoms with Crippen LogP contribution in [0.4, 0.5) is 0 Å². The third kappa shape index (κ3) is 9.69. The van der Waals surface area contributed by atoms with E-state index in [-0.39, 0.29) is 11.3 Å². The number of benzene rings is 2. The predicted molar refractivity (Wildman–Crippen MR) is 162 cm³/mol. The molecule has 208 valence electrons. The summed E-state index contributed by atoms with van der Waals surface area (Å²) in [6.07, 6.45) is 13.8. The molecule has 1 saturated heterocycles. The lowest BCUT2D eigenvalue weighted by Crippen LogP contribution is -2.66. The Morgan fingerprint density at radius 1 is 0.737 bits per heavy atom. The van der Waals surface area contributed by atoms with Gasteiger partial charge in [0.1, 0.15) is 0 Å². The number of hydrogen-bond donors (Lipinski definition) is 0. The van der Waals surface area contributed by atoms with Gasteiger partial charge in [-0.05, 0) is 60.4 Å². The van der Waals surface area contributed by atoms with Gasteiger partial charge >= 0.3 is 0 Å². The summed E-state index contributed by atoms with van der Waals surface area (Å²) < 4.78 is 18.4. The molecule has 0 aliphatic carbocycles. The molecule has 3 nitrogen and oxygen atoms in total. The van der Waals surface area contributed by atoms with Crippen molar-refractivity contribution in [2.24, 2.45) is 0 Å². The van der Waals surface area contributed by atoms with E-state index in [9.17, 15) is 0 Å². The molecule has 0 saturated carbocycles. The van der Waals surface area contributed by atoms with Gasteiger partial charge in [-0.2, -0.15) is 0 Å². The van der Waals surface area contributed by atoms with Crippen LogP contribution in [0, 0.1) is 11.8 Å². The van der Waals surface area contributed by atoms with Crippen molar-refractivity contribution in [2.75, 3.05) is 19.8 Å². The summed E-state index contributed by atoms with van der Waals surface area (Å²) in [5.74, 6) is 6.79. The molecule has 1 atom stereocenters. The van der Waals surface area contributed by atoms with Crippen LogP contribution in [0.3, 0.4) is 0 Å². The molecule has 0 amide bonds. The Labute approximate surface area is 233 Å². The van der Waals surface area contributed by atoms with Crippen LogP contribution in [-0.4, -0.2) is 34.4 Å². The van der Waals surface area contributed by atoms with Gasteiger partial charge in [0.05, 0.1) is 0 Å². The summed E-state index contributed by atoms with van der Waals surface area (Å²) in [5, 5.41) is 2.74. The van der Waals surface area contributed by atoms with Crippen molar-refractivity contribution in [2.45, 2.75) is 109 Å². The smallest absolute Gasteiger partial charge is 0.261 e. The van der Waals surface area contributed by atoms with E-state index >= 15 is 0 Å². The summed E-state index contributed by atoms with van der Waals surface area (Å²) >= 11 is 0. The number of hydrogen-bond acceptors (Lipinski definition) is 3. The fourth-order valence-electron chi connectivity index (χ4n) is 5.38. The Morgan fingerprint density at radius 2 is 1.29 bits per heavy atom. The Morgan fingerprint density at radius 3 is 1.87 bits per heavy atom. The quantitative estimate of drug-likeness (QED) is 0.134. The van der Waals surface area contributed by atoms with E-state index in [0.717, 1.165) is 58.3 Å². The molecule has 0 N–H and O–H groups in total. The lowest BCUT2D eigenvalue weighted by molar-refractivity contribution is -0.162. The van der Waals surface area contributed by atoms with E-state index in [1.807, 2.05) is 0 Å². The maximum absolute atomic E-state index is 6.98. The summed E-state index contributed by atoms with van der Waals surface area (Å²) in [6, 6.07) is 21.8. The van der Waals surface area contributed by atoms with Gasteiger partial charge in [-0.3, -0.25) is 0 Å². The minimum atomic E-state index is -2.41. The highest BCUT2D eigenvalue weighted by Gasteiger charge is 2.49. The van der Waals surface area contributed by atoms with Crippen LogP contribution in [0.25, 0.3) is 0 Å². The van der Waals surface area contributed by atoms with Crippen LogP contribution in [0.2, 0.25) is 5.04 Å². The second kappa shape index (κ2) is 16.9. The molecule has 3 rings (SSSR count). The summed E-state index contributed by atoms with van der Waals surface area (Å²) in [4.78, 5) is 0. The van der Waals surface area contributed by atoms with Gasteiger partial charge in [0.15, 0.2) is 6.29 Å². The molecule has 1 unspecified atom stereocenters. The zero-order chi connectivity index (χ0) is 26.9. The fourth-order valence-corrected chi connectivity index (χ4v) is 9.99. The van der Waals surface area contributed by atoms with Crippen molar-refractivity contribution in [3.63, 3.8) is 0 Å². The van der Waals surface area contributed by atoms with Gasteiger partial charge in [-0.15, -0.1) is 11.8 Å².